The Kier molecular flexibility index (Phi) is 4.57. The van der Waals surface area contributed by atoms with Crippen LogP contribution in [0, 0.1) is 11.3 Å². The molecule has 1 aromatic carbocycles. The van der Waals surface area contributed by atoms with Gasteiger partial charge in [-0.3, -0.25) is 4.79 Å². The summed E-state index contributed by atoms with van der Waals surface area (Å²) in [7, 11) is 0. The summed E-state index contributed by atoms with van der Waals surface area (Å²) in [6, 6.07) is 4.58. The maximum Gasteiger partial charge on any atom is 0.337 e. The van der Waals surface area contributed by atoms with Crippen molar-refractivity contribution < 1.29 is 14.7 Å². The fraction of sp³-hybridized carbons (Fsp3) is 0.500. The summed E-state index contributed by atoms with van der Waals surface area (Å²) < 4.78 is 0. The fourth-order valence-corrected chi connectivity index (χ4v) is 3.24. The molecule has 1 unspecified atom stereocenters. The van der Waals surface area contributed by atoms with Crippen molar-refractivity contribution in [1.29, 1.82) is 0 Å². The van der Waals surface area contributed by atoms with Crippen LogP contribution < -0.4 is 5.32 Å². The molecule has 21 heavy (non-hydrogen) atoms. The third-order valence-corrected chi connectivity index (χ3v) is 4.63. The highest BCUT2D eigenvalue weighted by molar-refractivity contribution is 6.34. The number of rotatable bonds is 3. The van der Waals surface area contributed by atoms with Gasteiger partial charge in [-0.1, -0.05) is 44.4 Å². The summed E-state index contributed by atoms with van der Waals surface area (Å²) in [4.78, 5) is 23.8. The van der Waals surface area contributed by atoms with Crippen molar-refractivity contribution in [3.05, 3.63) is 28.8 Å². The van der Waals surface area contributed by atoms with Crippen LogP contribution in [0.15, 0.2) is 18.2 Å². The number of carboxylic acid groups (broad SMARTS) is 1. The van der Waals surface area contributed by atoms with E-state index >= 15 is 0 Å². The first-order chi connectivity index (χ1) is 9.83. The molecule has 0 heterocycles. The van der Waals surface area contributed by atoms with Crippen molar-refractivity contribution in [2.24, 2.45) is 11.3 Å². The lowest BCUT2D eigenvalue weighted by Gasteiger charge is -2.37. The molecule has 2 rings (SSSR count). The summed E-state index contributed by atoms with van der Waals surface area (Å²) in [5.41, 5.74) is 0.134. The van der Waals surface area contributed by atoms with E-state index in [-0.39, 0.29) is 33.5 Å². The first-order valence-corrected chi connectivity index (χ1v) is 7.53. The Hall–Kier alpha value is -1.55. The van der Waals surface area contributed by atoms with Gasteiger partial charge in [-0.15, -0.1) is 0 Å². The van der Waals surface area contributed by atoms with Crippen molar-refractivity contribution >= 4 is 29.2 Å². The van der Waals surface area contributed by atoms with Crippen LogP contribution in [-0.4, -0.2) is 17.0 Å². The van der Waals surface area contributed by atoms with E-state index in [1.807, 2.05) is 0 Å². The Bertz CT molecular complexity index is 569. The third kappa shape index (κ3) is 3.38. The van der Waals surface area contributed by atoms with Crippen LogP contribution in [-0.2, 0) is 4.79 Å². The average molecular weight is 310 g/mol. The van der Waals surface area contributed by atoms with Crippen LogP contribution in [0.25, 0.3) is 0 Å². The Labute approximate surface area is 129 Å². The summed E-state index contributed by atoms with van der Waals surface area (Å²) in [5.74, 6) is -1.37. The quantitative estimate of drug-likeness (QED) is 0.879. The second-order valence-corrected chi connectivity index (χ2v) is 6.65. The van der Waals surface area contributed by atoms with Crippen LogP contribution in [0.1, 0.15) is 49.9 Å². The summed E-state index contributed by atoms with van der Waals surface area (Å²) >= 11 is 6.05. The van der Waals surface area contributed by atoms with E-state index in [0.29, 0.717) is 0 Å². The lowest BCUT2D eigenvalue weighted by Crippen LogP contribution is -2.37. The van der Waals surface area contributed by atoms with Crippen molar-refractivity contribution in [3.63, 3.8) is 0 Å². The molecule has 0 bridgehead atoms. The van der Waals surface area contributed by atoms with Gasteiger partial charge in [-0.25, -0.2) is 4.79 Å². The maximum absolute atomic E-state index is 12.5. The number of anilines is 1. The first-order valence-electron chi connectivity index (χ1n) is 7.15. The summed E-state index contributed by atoms with van der Waals surface area (Å²) in [6.45, 7) is 4.17. The molecule has 1 aliphatic carbocycles. The number of para-hydroxylation sites is 1. The van der Waals surface area contributed by atoms with Crippen LogP contribution >= 0.6 is 11.6 Å². The van der Waals surface area contributed by atoms with Gasteiger partial charge in [0.15, 0.2) is 0 Å². The van der Waals surface area contributed by atoms with Crippen molar-refractivity contribution in [1.82, 2.24) is 0 Å². The highest BCUT2D eigenvalue weighted by Gasteiger charge is 2.37. The van der Waals surface area contributed by atoms with E-state index in [4.69, 9.17) is 11.6 Å². The smallest absolute Gasteiger partial charge is 0.337 e. The predicted octanol–water partition coefficient (Wildman–Crippen LogP) is 4.19. The minimum absolute atomic E-state index is 0.0180. The Balaban J connectivity index is 2.26. The van der Waals surface area contributed by atoms with Gasteiger partial charge in [0, 0.05) is 5.92 Å². The number of nitrogens with one attached hydrogen (secondary N) is 1. The lowest BCUT2D eigenvalue weighted by atomic mass is 9.68. The number of hydrogen-bond donors (Lipinski definition) is 2. The van der Waals surface area contributed by atoms with Gasteiger partial charge in [0.25, 0.3) is 0 Å². The number of carbonyl (C=O) groups is 2. The van der Waals surface area contributed by atoms with E-state index in [9.17, 15) is 14.7 Å². The van der Waals surface area contributed by atoms with Gasteiger partial charge in [0.1, 0.15) is 0 Å². The van der Waals surface area contributed by atoms with Crippen LogP contribution in [0.3, 0.4) is 0 Å². The molecule has 0 aromatic heterocycles. The minimum Gasteiger partial charge on any atom is -0.478 e. The summed E-state index contributed by atoms with van der Waals surface area (Å²) in [5, 5.41) is 12.2. The van der Waals surface area contributed by atoms with Gasteiger partial charge in [0.05, 0.1) is 16.3 Å². The van der Waals surface area contributed by atoms with Crippen LogP contribution in [0.5, 0.6) is 0 Å². The van der Waals surface area contributed by atoms with Crippen LogP contribution in [0.2, 0.25) is 5.02 Å². The maximum atomic E-state index is 12.5. The summed E-state index contributed by atoms with van der Waals surface area (Å²) in [6.07, 6.45) is 3.98. The number of carbonyl (C=O) groups excluding carboxylic acids is 1. The average Bonchev–Trinajstić information content (AvgIpc) is 2.40. The largest absolute Gasteiger partial charge is 0.478 e. The van der Waals surface area contributed by atoms with Crippen molar-refractivity contribution in [2.45, 2.75) is 39.5 Å². The zero-order valence-electron chi connectivity index (χ0n) is 12.3. The zero-order valence-corrected chi connectivity index (χ0v) is 13.0. The van der Waals surface area contributed by atoms with Crippen LogP contribution in [0.4, 0.5) is 5.69 Å². The Morgan fingerprint density at radius 3 is 2.67 bits per heavy atom. The fourth-order valence-electron chi connectivity index (χ4n) is 3.02. The molecular weight excluding hydrogens is 290 g/mol. The Morgan fingerprint density at radius 1 is 1.33 bits per heavy atom. The van der Waals surface area contributed by atoms with Gasteiger partial charge < -0.3 is 10.4 Å². The third-order valence-electron chi connectivity index (χ3n) is 4.32. The zero-order chi connectivity index (χ0) is 15.6. The Morgan fingerprint density at radius 2 is 2.05 bits per heavy atom. The van der Waals surface area contributed by atoms with Gasteiger partial charge in [-0.2, -0.15) is 0 Å². The highest BCUT2D eigenvalue weighted by Crippen LogP contribution is 2.41. The van der Waals surface area contributed by atoms with E-state index in [2.05, 4.69) is 19.2 Å². The lowest BCUT2D eigenvalue weighted by molar-refractivity contribution is -0.124. The van der Waals surface area contributed by atoms with Gasteiger partial charge in [0.2, 0.25) is 5.91 Å². The van der Waals surface area contributed by atoms with Crippen molar-refractivity contribution in [3.8, 4) is 0 Å². The molecule has 1 aliphatic rings. The number of hydrogen-bond acceptors (Lipinski definition) is 2. The topological polar surface area (TPSA) is 66.4 Å². The standard InChI is InChI=1S/C16H20ClNO3/c1-16(2)9-4-3-7-11(16)14(19)18-13-10(15(20)21)6-5-8-12(13)17/h5-6,8,11H,3-4,7,9H2,1-2H3,(H,18,19)(H,20,21). The highest BCUT2D eigenvalue weighted by atomic mass is 35.5. The molecule has 0 aliphatic heterocycles. The van der Waals surface area contributed by atoms with E-state index in [1.54, 1.807) is 12.1 Å². The number of amides is 1. The van der Waals surface area contributed by atoms with E-state index < -0.39 is 5.97 Å². The molecule has 0 radical (unpaired) electrons. The molecule has 1 saturated carbocycles. The monoisotopic (exact) mass is 309 g/mol. The van der Waals surface area contributed by atoms with Gasteiger partial charge in [-0.05, 0) is 30.4 Å². The number of aromatic carboxylic acids is 1. The predicted molar refractivity (Wildman–Crippen MR) is 82.8 cm³/mol. The van der Waals surface area contributed by atoms with E-state index in [0.717, 1.165) is 25.7 Å². The number of carboxylic acids is 1. The normalized spacial score (nSPS) is 20.8. The molecule has 114 valence electrons. The van der Waals surface area contributed by atoms with Gasteiger partial charge >= 0.3 is 5.97 Å². The number of halogens is 1. The molecule has 1 aromatic rings. The molecule has 0 saturated heterocycles. The SMILES string of the molecule is CC1(C)CCCCC1C(=O)Nc1c(Cl)cccc1C(=O)O. The minimum atomic E-state index is -1.10. The molecule has 1 amide bonds. The van der Waals surface area contributed by atoms with E-state index in [1.165, 1.54) is 6.07 Å². The second kappa shape index (κ2) is 6.06. The first kappa shape index (κ1) is 15.8. The number of benzene rings is 1. The molecule has 1 atom stereocenters. The molecule has 2 N–H and O–H groups in total. The molecule has 5 heteroatoms. The molecule has 0 spiro atoms. The van der Waals surface area contributed by atoms with Crippen molar-refractivity contribution in [2.75, 3.05) is 5.32 Å². The molecule has 1 fully saturated rings. The molecular formula is C16H20ClNO3. The second-order valence-electron chi connectivity index (χ2n) is 6.24. The molecule has 4 nitrogen and oxygen atoms in total.